The van der Waals surface area contributed by atoms with E-state index in [2.05, 4.69) is 0 Å². The highest BCUT2D eigenvalue weighted by Gasteiger charge is 2.46. The molecule has 0 aromatic heterocycles. The van der Waals surface area contributed by atoms with Gasteiger partial charge in [0.1, 0.15) is 23.7 Å². The Balaban J connectivity index is 1.63. The van der Waals surface area contributed by atoms with Crippen LogP contribution in [-0.2, 0) is 9.53 Å². The molecule has 1 heterocycles. The molecular weight excluding hydrogens is 448 g/mol. The van der Waals surface area contributed by atoms with Crippen LogP contribution in [0.25, 0.3) is 0 Å². The van der Waals surface area contributed by atoms with Gasteiger partial charge in [-0.1, -0.05) is 60.7 Å². The van der Waals surface area contributed by atoms with Gasteiger partial charge in [0.25, 0.3) is 5.91 Å². The topological polar surface area (TPSA) is 88.5 Å². The zero-order chi connectivity index (χ0) is 24.9. The first kappa shape index (κ1) is 24.3. The number of cyclic esters (lactones) is 1. The molecule has 8 nitrogen and oxygen atoms in total. The van der Waals surface area contributed by atoms with E-state index in [1.807, 2.05) is 43.3 Å². The summed E-state index contributed by atoms with van der Waals surface area (Å²) in [5, 5.41) is 13.6. The maximum Gasteiger partial charge on any atom is 0.432 e. The predicted octanol–water partition coefficient (Wildman–Crippen LogP) is 4.13. The van der Waals surface area contributed by atoms with Gasteiger partial charge in [-0.15, -0.1) is 0 Å². The summed E-state index contributed by atoms with van der Waals surface area (Å²) in [6.07, 6.45) is -4.18. The molecule has 1 aliphatic heterocycles. The first-order valence-electron chi connectivity index (χ1n) is 11.3. The van der Waals surface area contributed by atoms with Crippen molar-refractivity contribution >= 4 is 12.0 Å². The Hall–Kier alpha value is -3.88. The first-order chi connectivity index (χ1) is 16.9. The van der Waals surface area contributed by atoms with Gasteiger partial charge in [0.15, 0.2) is 0 Å². The summed E-state index contributed by atoms with van der Waals surface area (Å²) in [6.45, 7) is 1.86. The molecule has 0 bridgehead atoms. The van der Waals surface area contributed by atoms with Crippen LogP contribution in [0, 0.1) is 0 Å². The molecule has 1 aliphatic rings. The van der Waals surface area contributed by atoms with Crippen LogP contribution in [0.1, 0.15) is 30.3 Å². The van der Waals surface area contributed by atoms with Gasteiger partial charge in [-0.3, -0.25) is 4.79 Å². The molecule has 0 saturated carbocycles. The number of hydrogen-bond donors (Lipinski definition) is 1. The number of aliphatic hydroxyl groups excluding tert-OH is 1. The summed E-state index contributed by atoms with van der Waals surface area (Å²) in [6, 6.07) is 24.3. The number of methoxy groups -OCH3 is 1. The standard InChI is InChI=1S/C27H28N2O6/c1-18-24(20-10-6-4-7-11-20)35-27(32)29(28(18)2)26(31)25(34-22-12-8-5-9-13-22)23(30)19-14-16-21(33-3)17-15-19/h4-18,23-25,30H,1-3H3/t18-,23+,24-,25-/m0/s1. The van der Waals surface area contributed by atoms with E-state index in [0.717, 1.165) is 10.6 Å². The minimum atomic E-state index is -1.42. The Bertz CT molecular complexity index is 1140. The molecule has 1 saturated heterocycles. The third-order valence-corrected chi connectivity index (χ3v) is 6.07. The monoisotopic (exact) mass is 476 g/mol. The smallest absolute Gasteiger partial charge is 0.432 e. The molecule has 2 amide bonds. The van der Waals surface area contributed by atoms with Crippen molar-refractivity contribution in [2.75, 3.05) is 14.2 Å². The fourth-order valence-corrected chi connectivity index (χ4v) is 3.99. The summed E-state index contributed by atoms with van der Waals surface area (Å²) in [4.78, 5) is 26.8. The Morgan fingerprint density at radius 3 is 2.14 bits per heavy atom. The molecule has 8 heteroatoms. The van der Waals surface area contributed by atoms with Crippen LogP contribution in [0.2, 0.25) is 0 Å². The Morgan fingerprint density at radius 2 is 1.54 bits per heavy atom. The Morgan fingerprint density at radius 1 is 0.943 bits per heavy atom. The lowest BCUT2D eigenvalue weighted by molar-refractivity contribution is -0.174. The van der Waals surface area contributed by atoms with E-state index >= 15 is 0 Å². The number of nitrogens with zero attached hydrogens (tertiary/aromatic N) is 2. The van der Waals surface area contributed by atoms with Gasteiger partial charge in [-0.2, -0.15) is 5.01 Å². The van der Waals surface area contributed by atoms with Gasteiger partial charge >= 0.3 is 6.09 Å². The minimum Gasteiger partial charge on any atom is -0.497 e. The maximum absolute atomic E-state index is 13.7. The second-order valence-electron chi connectivity index (χ2n) is 8.25. The fraction of sp³-hybridized carbons (Fsp3) is 0.259. The highest BCUT2D eigenvalue weighted by Crippen LogP contribution is 2.33. The van der Waals surface area contributed by atoms with Gasteiger partial charge < -0.3 is 19.3 Å². The number of benzene rings is 3. The van der Waals surface area contributed by atoms with Crippen molar-refractivity contribution in [1.82, 2.24) is 10.0 Å². The molecule has 3 aromatic rings. The molecule has 0 unspecified atom stereocenters. The van der Waals surface area contributed by atoms with Gasteiger partial charge in [0.05, 0.1) is 13.2 Å². The molecule has 4 atom stereocenters. The number of imide groups is 1. The normalized spacial score (nSPS) is 20.0. The largest absolute Gasteiger partial charge is 0.497 e. The minimum absolute atomic E-state index is 0.352. The molecular formula is C27H28N2O6. The number of hydrazine groups is 1. The van der Waals surface area contributed by atoms with Crippen LogP contribution in [0.5, 0.6) is 11.5 Å². The van der Waals surface area contributed by atoms with Crippen molar-refractivity contribution in [2.24, 2.45) is 0 Å². The van der Waals surface area contributed by atoms with E-state index < -0.39 is 30.3 Å². The second-order valence-corrected chi connectivity index (χ2v) is 8.25. The average molecular weight is 477 g/mol. The van der Waals surface area contributed by atoms with Crippen molar-refractivity contribution < 1.29 is 28.9 Å². The number of carbonyl (C=O) groups excluding carboxylic acids is 2. The maximum atomic E-state index is 13.7. The molecule has 0 aliphatic carbocycles. The van der Waals surface area contributed by atoms with E-state index in [9.17, 15) is 14.7 Å². The molecule has 1 N–H and O–H groups in total. The summed E-state index contributed by atoms with van der Waals surface area (Å²) in [5.74, 6) is 0.234. The number of aliphatic hydroxyl groups is 1. The molecule has 1 fully saturated rings. The zero-order valence-electron chi connectivity index (χ0n) is 19.8. The Labute approximate surface area is 204 Å². The van der Waals surface area contributed by atoms with Crippen molar-refractivity contribution in [3.63, 3.8) is 0 Å². The lowest BCUT2D eigenvalue weighted by Gasteiger charge is -2.43. The van der Waals surface area contributed by atoms with Crippen molar-refractivity contribution in [2.45, 2.75) is 31.3 Å². The summed E-state index contributed by atoms with van der Waals surface area (Å²) >= 11 is 0. The molecule has 0 spiro atoms. The number of rotatable bonds is 7. The molecule has 35 heavy (non-hydrogen) atoms. The summed E-state index contributed by atoms with van der Waals surface area (Å²) < 4.78 is 16.8. The van der Waals surface area contributed by atoms with Crippen LogP contribution in [0.4, 0.5) is 4.79 Å². The highest BCUT2D eigenvalue weighted by atomic mass is 16.6. The Kier molecular flexibility index (Phi) is 7.33. The zero-order valence-corrected chi connectivity index (χ0v) is 19.8. The van der Waals surface area contributed by atoms with Crippen LogP contribution in [-0.4, -0.2) is 53.4 Å². The average Bonchev–Trinajstić information content (AvgIpc) is 2.90. The van der Waals surface area contributed by atoms with Gasteiger partial charge in [-0.05, 0) is 42.3 Å². The van der Waals surface area contributed by atoms with E-state index in [1.165, 1.54) is 12.1 Å². The highest BCUT2D eigenvalue weighted by molar-refractivity contribution is 5.95. The van der Waals surface area contributed by atoms with Crippen LogP contribution >= 0.6 is 0 Å². The quantitative estimate of drug-likeness (QED) is 0.548. The second kappa shape index (κ2) is 10.6. The number of para-hydroxylation sites is 1. The van der Waals surface area contributed by atoms with Gasteiger partial charge in [0.2, 0.25) is 6.10 Å². The number of amides is 2. The van der Waals surface area contributed by atoms with Gasteiger partial charge in [-0.25, -0.2) is 9.80 Å². The van der Waals surface area contributed by atoms with E-state index in [-0.39, 0.29) is 6.04 Å². The summed E-state index contributed by atoms with van der Waals surface area (Å²) in [7, 11) is 3.18. The first-order valence-corrected chi connectivity index (χ1v) is 11.3. The number of ether oxygens (including phenoxy) is 3. The number of hydrogen-bond acceptors (Lipinski definition) is 7. The van der Waals surface area contributed by atoms with Crippen molar-refractivity contribution in [1.29, 1.82) is 0 Å². The van der Waals surface area contributed by atoms with Crippen LogP contribution in [0.3, 0.4) is 0 Å². The molecule has 4 rings (SSSR count). The van der Waals surface area contributed by atoms with Crippen molar-refractivity contribution in [3.05, 3.63) is 96.1 Å². The van der Waals surface area contributed by atoms with E-state index in [4.69, 9.17) is 14.2 Å². The lowest BCUT2D eigenvalue weighted by atomic mass is 10.0. The van der Waals surface area contributed by atoms with Crippen LogP contribution in [0.15, 0.2) is 84.9 Å². The molecule has 3 aromatic carbocycles. The predicted molar refractivity (Wildman–Crippen MR) is 129 cm³/mol. The number of carbonyl (C=O) groups is 2. The van der Waals surface area contributed by atoms with Crippen molar-refractivity contribution in [3.8, 4) is 11.5 Å². The summed E-state index contributed by atoms with van der Waals surface area (Å²) in [5.41, 5.74) is 1.26. The molecule has 0 radical (unpaired) electrons. The lowest BCUT2D eigenvalue weighted by Crippen LogP contribution is -2.61. The van der Waals surface area contributed by atoms with Crippen LogP contribution < -0.4 is 9.47 Å². The molecule has 182 valence electrons. The van der Waals surface area contributed by atoms with Gasteiger partial charge in [0, 0.05) is 7.05 Å². The third-order valence-electron chi connectivity index (χ3n) is 6.07. The van der Waals surface area contributed by atoms with E-state index in [0.29, 0.717) is 17.1 Å². The van der Waals surface area contributed by atoms with E-state index in [1.54, 1.807) is 55.6 Å². The number of likely N-dealkylation sites (N-methyl/N-ethyl adjacent to an activating group) is 1. The third kappa shape index (κ3) is 5.13. The fourth-order valence-electron chi connectivity index (χ4n) is 3.99. The SMILES string of the molecule is COc1ccc([C@@H](O)[C@H](Oc2ccccc2)C(=O)N2C(=O)O[C@H](c3ccccc3)[C@H](C)N2C)cc1.